The number of allylic oxidation sites excluding steroid dienone is 2. The average Bonchev–Trinajstić information content (AvgIpc) is 2.76. The summed E-state index contributed by atoms with van der Waals surface area (Å²) in [5.41, 5.74) is 1.48. The van der Waals surface area contributed by atoms with Gasteiger partial charge in [0.1, 0.15) is 0 Å². The molecule has 0 heterocycles. The maximum atomic E-state index is 2.43. The molecule has 0 heteroatoms. The fourth-order valence-corrected chi connectivity index (χ4v) is 2.37. The van der Waals surface area contributed by atoms with E-state index < -0.39 is 0 Å². The van der Waals surface area contributed by atoms with Crippen LogP contribution in [0.1, 0.15) is 31.7 Å². The summed E-state index contributed by atoms with van der Waals surface area (Å²) < 4.78 is 0. The maximum Gasteiger partial charge on any atom is -0.0225 e. The third-order valence-corrected chi connectivity index (χ3v) is 3.43. The molecule has 2 atom stereocenters. The molecule has 0 amide bonds. The zero-order valence-corrected chi connectivity index (χ0v) is 9.52. The Kier molecular flexibility index (Phi) is 3.60. The van der Waals surface area contributed by atoms with Crippen molar-refractivity contribution in [2.24, 2.45) is 11.8 Å². The average molecular weight is 200 g/mol. The molecule has 0 spiro atoms. The van der Waals surface area contributed by atoms with E-state index in [0.717, 1.165) is 11.8 Å². The summed E-state index contributed by atoms with van der Waals surface area (Å²) in [5.74, 6) is 1.68. The van der Waals surface area contributed by atoms with Gasteiger partial charge in [-0.25, -0.2) is 0 Å². The second-order valence-corrected chi connectivity index (χ2v) is 4.57. The SMILES string of the molecule is CCC1C=CC(CCc2ccccc2)C1. The van der Waals surface area contributed by atoms with Crippen molar-refractivity contribution in [3.63, 3.8) is 0 Å². The molecule has 0 bridgehead atoms. The normalized spacial score (nSPS) is 24.6. The van der Waals surface area contributed by atoms with E-state index in [2.05, 4.69) is 49.4 Å². The lowest BCUT2D eigenvalue weighted by Gasteiger charge is -2.10. The highest BCUT2D eigenvalue weighted by Gasteiger charge is 2.16. The van der Waals surface area contributed by atoms with Crippen molar-refractivity contribution in [3.05, 3.63) is 48.0 Å². The first-order chi connectivity index (χ1) is 7.38. The van der Waals surface area contributed by atoms with Crippen LogP contribution < -0.4 is 0 Å². The topological polar surface area (TPSA) is 0 Å². The van der Waals surface area contributed by atoms with Crippen LogP contribution in [0.4, 0.5) is 0 Å². The second-order valence-electron chi connectivity index (χ2n) is 4.57. The van der Waals surface area contributed by atoms with E-state index >= 15 is 0 Å². The summed E-state index contributed by atoms with van der Waals surface area (Å²) in [6.45, 7) is 2.29. The highest BCUT2D eigenvalue weighted by Crippen LogP contribution is 2.28. The molecule has 0 fully saturated rings. The molecule has 2 unspecified atom stereocenters. The number of rotatable bonds is 4. The van der Waals surface area contributed by atoms with Crippen LogP contribution in [0.25, 0.3) is 0 Å². The van der Waals surface area contributed by atoms with Gasteiger partial charge in [-0.1, -0.05) is 49.4 Å². The molecule has 0 N–H and O–H groups in total. The van der Waals surface area contributed by atoms with Crippen LogP contribution in [0, 0.1) is 11.8 Å². The van der Waals surface area contributed by atoms with Gasteiger partial charge in [0.25, 0.3) is 0 Å². The van der Waals surface area contributed by atoms with Gasteiger partial charge in [0.2, 0.25) is 0 Å². The molecule has 1 aliphatic rings. The molecule has 1 aromatic rings. The van der Waals surface area contributed by atoms with Crippen molar-refractivity contribution in [1.82, 2.24) is 0 Å². The Morgan fingerprint density at radius 1 is 1.07 bits per heavy atom. The minimum absolute atomic E-state index is 0.829. The predicted molar refractivity (Wildman–Crippen MR) is 65.8 cm³/mol. The summed E-state index contributed by atoms with van der Waals surface area (Å²) in [6.07, 6.45) is 10.1. The lowest BCUT2D eigenvalue weighted by atomic mass is 9.95. The van der Waals surface area contributed by atoms with Crippen LogP contribution in [-0.4, -0.2) is 0 Å². The summed E-state index contributed by atoms with van der Waals surface area (Å²) >= 11 is 0. The summed E-state index contributed by atoms with van der Waals surface area (Å²) in [5, 5.41) is 0. The van der Waals surface area contributed by atoms with Gasteiger partial charge in [-0.3, -0.25) is 0 Å². The summed E-state index contributed by atoms with van der Waals surface area (Å²) in [6, 6.07) is 10.8. The van der Waals surface area contributed by atoms with E-state index in [1.165, 1.54) is 31.2 Å². The molecule has 0 nitrogen and oxygen atoms in total. The predicted octanol–water partition coefficient (Wildman–Crippen LogP) is 4.22. The molecule has 0 radical (unpaired) electrons. The number of hydrogen-bond acceptors (Lipinski definition) is 0. The number of benzene rings is 1. The molecular weight excluding hydrogens is 180 g/mol. The van der Waals surface area contributed by atoms with Crippen molar-refractivity contribution in [3.8, 4) is 0 Å². The Bertz CT molecular complexity index is 310. The lowest BCUT2D eigenvalue weighted by Crippen LogP contribution is -1.99. The monoisotopic (exact) mass is 200 g/mol. The van der Waals surface area contributed by atoms with Gasteiger partial charge >= 0.3 is 0 Å². The first kappa shape index (κ1) is 10.5. The van der Waals surface area contributed by atoms with E-state index in [1.54, 1.807) is 0 Å². The molecule has 2 rings (SSSR count). The molecule has 15 heavy (non-hydrogen) atoms. The molecule has 1 aromatic carbocycles. The van der Waals surface area contributed by atoms with Crippen LogP contribution in [0.5, 0.6) is 0 Å². The largest absolute Gasteiger partial charge is 0.0851 e. The van der Waals surface area contributed by atoms with Gasteiger partial charge in [0.15, 0.2) is 0 Å². The fourth-order valence-electron chi connectivity index (χ4n) is 2.37. The maximum absolute atomic E-state index is 2.43. The first-order valence-electron chi connectivity index (χ1n) is 6.10. The highest BCUT2D eigenvalue weighted by atomic mass is 14.2. The van der Waals surface area contributed by atoms with E-state index in [9.17, 15) is 0 Å². The van der Waals surface area contributed by atoms with E-state index in [4.69, 9.17) is 0 Å². The Morgan fingerprint density at radius 3 is 2.47 bits per heavy atom. The smallest absolute Gasteiger partial charge is 0.0225 e. The van der Waals surface area contributed by atoms with Gasteiger partial charge in [-0.15, -0.1) is 0 Å². The fraction of sp³-hybridized carbons (Fsp3) is 0.467. The van der Waals surface area contributed by atoms with Gasteiger partial charge in [0, 0.05) is 0 Å². The Morgan fingerprint density at radius 2 is 1.80 bits per heavy atom. The molecular formula is C15H20. The minimum atomic E-state index is 0.829. The van der Waals surface area contributed by atoms with Crippen molar-refractivity contribution in [2.45, 2.75) is 32.6 Å². The van der Waals surface area contributed by atoms with Crippen molar-refractivity contribution in [1.29, 1.82) is 0 Å². The minimum Gasteiger partial charge on any atom is -0.0851 e. The van der Waals surface area contributed by atoms with Crippen LogP contribution in [0.15, 0.2) is 42.5 Å². The van der Waals surface area contributed by atoms with Crippen LogP contribution in [0.3, 0.4) is 0 Å². The van der Waals surface area contributed by atoms with Gasteiger partial charge in [-0.2, -0.15) is 0 Å². The number of aryl methyl sites for hydroxylation is 1. The summed E-state index contributed by atoms with van der Waals surface area (Å²) in [7, 11) is 0. The van der Waals surface area contributed by atoms with E-state index in [1.807, 2.05) is 0 Å². The van der Waals surface area contributed by atoms with E-state index in [-0.39, 0.29) is 0 Å². The highest BCUT2D eigenvalue weighted by molar-refractivity contribution is 5.15. The number of hydrogen-bond donors (Lipinski definition) is 0. The Labute approximate surface area is 93.0 Å². The second kappa shape index (κ2) is 5.16. The third kappa shape index (κ3) is 2.95. The van der Waals surface area contributed by atoms with Crippen LogP contribution in [-0.2, 0) is 6.42 Å². The lowest BCUT2D eigenvalue weighted by molar-refractivity contribution is 0.487. The quantitative estimate of drug-likeness (QED) is 0.638. The molecule has 0 saturated heterocycles. The third-order valence-electron chi connectivity index (χ3n) is 3.43. The zero-order chi connectivity index (χ0) is 10.5. The summed E-state index contributed by atoms with van der Waals surface area (Å²) in [4.78, 5) is 0. The van der Waals surface area contributed by atoms with Crippen molar-refractivity contribution >= 4 is 0 Å². The van der Waals surface area contributed by atoms with Gasteiger partial charge < -0.3 is 0 Å². The van der Waals surface area contributed by atoms with Crippen LogP contribution in [0.2, 0.25) is 0 Å². The zero-order valence-electron chi connectivity index (χ0n) is 9.52. The standard InChI is InChI=1S/C15H20/c1-2-13-8-10-15(12-13)11-9-14-6-4-3-5-7-14/h3-8,10,13,15H,2,9,11-12H2,1H3. The van der Waals surface area contributed by atoms with Crippen molar-refractivity contribution in [2.75, 3.05) is 0 Å². The molecule has 0 aromatic heterocycles. The molecule has 0 saturated carbocycles. The molecule has 1 aliphatic carbocycles. The Balaban J connectivity index is 1.78. The van der Waals surface area contributed by atoms with Gasteiger partial charge in [0.05, 0.1) is 0 Å². The van der Waals surface area contributed by atoms with Gasteiger partial charge in [-0.05, 0) is 43.1 Å². The molecule has 0 aliphatic heterocycles. The molecule has 80 valence electrons. The van der Waals surface area contributed by atoms with Crippen molar-refractivity contribution < 1.29 is 0 Å². The van der Waals surface area contributed by atoms with Crippen LogP contribution >= 0.6 is 0 Å². The Hall–Kier alpha value is -1.04. The first-order valence-corrected chi connectivity index (χ1v) is 6.10. The van der Waals surface area contributed by atoms with E-state index in [0.29, 0.717) is 0 Å².